The summed E-state index contributed by atoms with van der Waals surface area (Å²) in [6, 6.07) is 0. The number of aliphatic hydroxyl groups is 1. The Balaban J connectivity index is 2.64. The minimum Gasteiger partial charge on any atom is -0.337 e. The Hall–Kier alpha value is 0.0400. The number of rotatable bonds is 2. The molecule has 2 unspecified atom stereocenters. The van der Waals surface area contributed by atoms with Gasteiger partial charge in [-0.05, 0) is 15.5 Å². The van der Waals surface area contributed by atoms with Gasteiger partial charge in [-0.2, -0.15) is 0 Å². The molecule has 0 radical (unpaired) electrons. The molecule has 8 heteroatoms. The maximum atomic E-state index is 10.6. The normalized spacial score (nSPS) is 36.8. The first kappa shape index (κ1) is 10.1. The van der Waals surface area contributed by atoms with Gasteiger partial charge < -0.3 is 5.11 Å². The number of hydrogen-bond acceptors (Lipinski definition) is 6. The maximum absolute atomic E-state index is 10.6. The molecular formula is C4H8O6P2+2. The second-order valence-corrected chi connectivity index (χ2v) is 4.09. The highest BCUT2D eigenvalue weighted by atomic mass is 31.2. The van der Waals surface area contributed by atoms with Crippen molar-refractivity contribution in [3.8, 4) is 0 Å². The summed E-state index contributed by atoms with van der Waals surface area (Å²) < 4.78 is 34.3. The lowest BCUT2D eigenvalue weighted by molar-refractivity contribution is -0.284. The molecule has 0 amide bonds. The molecular weight excluding hydrogens is 206 g/mol. The van der Waals surface area contributed by atoms with Crippen LogP contribution in [-0.4, -0.2) is 11.1 Å². The van der Waals surface area contributed by atoms with Gasteiger partial charge in [0, 0.05) is 15.6 Å². The van der Waals surface area contributed by atoms with E-state index >= 15 is 0 Å². The summed E-state index contributed by atoms with van der Waals surface area (Å²) in [4.78, 5) is 0. The molecule has 0 aliphatic carbocycles. The van der Waals surface area contributed by atoms with Crippen LogP contribution in [0.4, 0.5) is 0 Å². The molecule has 1 saturated heterocycles. The first-order valence-electron chi connectivity index (χ1n) is 3.29. The minimum atomic E-state index is -2.54. The van der Waals surface area contributed by atoms with E-state index in [0.717, 1.165) is 0 Å². The fraction of sp³-hybridized carbons (Fsp3) is 1.00. The van der Waals surface area contributed by atoms with Crippen molar-refractivity contribution in [3.63, 3.8) is 0 Å². The van der Waals surface area contributed by atoms with Gasteiger partial charge in [-0.15, -0.1) is 0 Å². The van der Waals surface area contributed by atoms with Crippen LogP contribution in [0.15, 0.2) is 0 Å². The minimum absolute atomic E-state index is 0.0957. The highest BCUT2D eigenvalue weighted by Gasteiger charge is 2.60. The van der Waals surface area contributed by atoms with Crippen molar-refractivity contribution in [1.82, 2.24) is 0 Å². The van der Waals surface area contributed by atoms with Crippen molar-refractivity contribution < 1.29 is 27.6 Å². The van der Waals surface area contributed by atoms with Gasteiger partial charge in [0.1, 0.15) is 0 Å². The van der Waals surface area contributed by atoms with E-state index in [2.05, 4.69) is 13.4 Å². The molecule has 1 N–H and O–H groups in total. The van der Waals surface area contributed by atoms with Crippen molar-refractivity contribution in [3.05, 3.63) is 0 Å². The first-order valence-corrected chi connectivity index (χ1v) is 5.48. The predicted octanol–water partition coefficient (Wildman–Crippen LogP) is 1.81. The molecule has 1 fully saturated rings. The second-order valence-electron chi connectivity index (χ2n) is 2.17. The van der Waals surface area contributed by atoms with Gasteiger partial charge >= 0.3 is 22.5 Å². The topological polar surface area (TPSA) is 82.1 Å². The summed E-state index contributed by atoms with van der Waals surface area (Å²) in [5.74, 6) is -2.02. The SMILES string of the molecule is CCCC1(O)O[P+](=O)O[P+](=O)O1. The van der Waals surface area contributed by atoms with E-state index < -0.39 is 22.5 Å². The molecule has 0 spiro atoms. The van der Waals surface area contributed by atoms with Crippen molar-refractivity contribution >= 4 is 16.5 Å². The van der Waals surface area contributed by atoms with Crippen LogP contribution < -0.4 is 0 Å². The van der Waals surface area contributed by atoms with Gasteiger partial charge in [-0.25, -0.2) is 0 Å². The van der Waals surface area contributed by atoms with Crippen molar-refractivity contribution in [2.75, 3.05) is 0 Å². The molecule has 1 aliphatic rings. The Morgan fingerprint density at radius 1 is 1.33 bits per heavy atom. The third kappa shape index (κ3) is 2.52. The molecule has 0 saturated carbocycles. The van der Waals surface area contributed by atoms with Crippen LogP contribution in [0.1, 0.15) is 19.8 Å². The van der Waals surface area contributed by atoms with Gasteiger partial charge in [0.05, 0.1) is 0 Å². The van der Waals surface area contributed by atoms with Gasteiger partial charge in [-0.3, -0.25) is 0 Å². The Morgan fingerprint density at radius 2 is 1.83 bits per heavy atom. The molecule has 68 valence electrons. The summed E-state index contributed by atoms with van der Waals surface area (Å²) >= 11 is 0. The lowest BCUT2D eigenvalue weighted by Gasteiger charge is -2.13. The largest absolute Gasteiger partial charge is 0.753 e. The van der Waals surface area contributed by atoms with E-state index in [1.165, 1.54) is 0 Å². The van der Waals surface area contributed by atoms with Gasteiger partial charge in [0.2, 0.25) is 0 Å². The summed E-state index contributed by atoms with van der Waals surface area (Å²) in [6.07, 6.45) is 0.640. The predicted molar refractivity (Wildman–Crippen MR) is 38.3 cm³/mol. The monoisotopic (exact) mass is 214 g/mol. The smallest absolute Gasteiger partial charge is 0.337 e. The molecule has 1 aliphatic heterocycles. The Morgan fingerprint density at radius 3 is 2.25 bits per heavy atom. The van der Waals surface area contributed by atoms with Crippen LogP contribution >= 0.6 is 16.5 Å². The maximum Gasteiger partial charge on any atom is 0.753 e. The van der Waals surface area contributed by atoms with Crippen LogP contribution in [0, 0.1) is 0 Å². The van der Waals surface area contributed by atoms with E-state index in [1.54, 1.807) is 6.92 Å². The highest BCUT2D eigenvalue weighted by Crippen LogP contribution is 2.51. The summed E-state index contributed by atoms with van der Waals surface area (Å²) in [7, 11) is -5.08. The zero-order chi connectivity index (χ0) is 9.19. The zero-order valence-electron chi connectivity index (χ0n) is 6.30. The number of hydrogen-bond donors (Lipinski definition) is 1. The molecule has 1 heterocycles. The third-order valence-corrected chi connectivity index (χ3v) is 3.07. The third-order valence-electron chi connectivity index (χ3n) is 1.13. The van der Waals surface area contributed by atoms with E-state index in [1.807, 2.05) is 0 Å². The van der Waals surface area contributed by atoms with Gasteiger partial charge in [-0.1, -0.05) is 6.92 Å². The van der Waals surface area contributed by atoms with Gasteiger partial charge in [0.25, 0.3) is 0 Å². The van der Waals surface area contributed by atoms with E-state index in [0.29, 0.717) is 6.42 Å². The van der Waals surface area contributed by atoms with Crippen LogP contribution in [0.25, 0.3) is 0 Å². The lowest BCUT2D eigenvalue weighted by atomic mass is 10.3. The molecule has 12 heavy (non-hydrogen) atoms. The molecule has 0 aromatic rings. The van der Waals surface area contributed by atoms with E-state index in [4.69, 9.17) is 0 Å². The lowest BCUT2D eigenvalue weighted by Crippen LogP contribution is -2.32. The van der Waals surface area contributed by atoms with Crippen LogP contribution in [0.2, 0.25) is 0 Å². The van der Waals surface area contributed by atoms with Crippen molar-refractivity contribution in [2.24, 2.45) is 0 Å². The zero-order valence-corrected chi connectivity index (χ0v) is 8.09. The molecule has 6 nitrogen and oxygen atoms in total. The Labute approximate surface area is 70.7 Å². The fourth-order valence-electron chi connectivity index (χ4n) is 0.745. The van der Waals surface area contributed by atoms with Crippen molar-refractivity contribution in [1.29, 1.82) is 0 Å². The van der Waals surface area contributed by atoms with Gasteiger partial charge in [0.15, 0.2) is 4.31 Å². The fourth-order valence-corrected chi connectivity index (χ4v) is 2.23. The van der Waals surface area contributed by atoms with Crippen LogP contribution in [0.3, 0.4) is 0 Å². The standard InChI is InChI=1S/C4H8O6P2/c1-2-3-4(5)8-11(6)10-12(7)9-4/h5H,2-3H2,1H3/q+2. The Kier molecular flexibility index (Phi) is 3.23. The van der Waals surface area contributed by atoms with E-state index in [-0.39, 0.29) is 6.42 Å². The molecule has 0 aromatic heterocycles. The molecule has 2 atom stereocenters. The summed E-state index contributed by atoms with van der Waals surface area (Å²) in [6.45, 7) is 1.76. The van der Waals surface area contributed by atoms with Crippen LogP contribution in [-0.2, 0) is 22.5 Å². The van der Waals surface area contributed by atoms with Crippen LogP contribution in [0.5, 0.6) is 0 Å². The summed E-state index contributed by atoms with van der Waals surface area (Å²) in [5, 5.41) is 9.32. The molecule has 1 rings (SSSR count). The Bertz CT molecular complexity index is 200. The average molecular weight is 214 g/mol. The second kappa shape index (κ2) is 3.83. The average Bonchev–Trinajstić information content (AvgIpc) is 1.82. The molecule has 0 bridgehead atoms. The van der Waals surface area contributed by atoms with Crippen molar-refractivity contribution in [2.45, 2.75) is 25.7 Å². The van der Waals surface area contributed by atoms with E-state index in [9.17, 15) is 14.2 Å². The first-order chi connectivity index (χ1) is 5.56. The highest BCUT2D eigenvalue weighted by molar-refractivity contribution is 7.48. The quantitative estimate of drug-likeness (QED) is 0.705. The summed E-state index contributed by atoms with van der Waals surface area (Å²) in [5.41, 5.74) is 0. The molecule has 0 aromatic carbocycles.